The number of rotatable bonds is 3. The average Bonchev–Trinajstić information content (AvgIpc) is 2.60. The molecule has 0 saturated heterocycles. The third-order valence-corrected chi connectivity index (χ3v) is 4.23. The normalized spacial score (nSPS) is 10.9. The summed E-state index contributed by atoms with van der Waals surface area (Å²) in [5, 5.41) is 10.4. The molecule has 1 amide bonds. The largest absolute Gasteiger partial charge is 0.464 e. The monoisotopic (exact) mass is 378 g/mol. The van der Waals surface area contributed by atoms with Crippen LogP contribution in [0.15, 0.2) is 40.4 Å². The van der Waals surface area contributed by atoms with E-state index in [1.165, 1.54) is 31.1 Å². The molecule has 0 aliphatic carbocycles. The Kier molecular flexibility index (Phi) is 4.60. The Hall–Kier alpha value is -3.01. The predicted octanol–water partition coefficient (Wildman–Crippen LogP) is 3.14. The van der Waals surface area contributed by atoms with Crippen molar-refractivity contribution < 1.29 is 18.7 Å². The zero-order valence-electron chi connectivity index (χ0n) is 13.6. The summed E-state index contributed by atoms with van der Waals surface area (Å²) in [4.78, 5) is 33.2. The van der Waals surface area contributed by atoms with Gasteiger partial charge in [-0.1, -0.05) is 11.8 Å². The highest BCUT2D eigenvalue weighted by Gasteiger charge is 2.25. The molecule has 7 nitrogen and oxygen atoms in total. The van der Waals surface area contributed by atoms with Crippen molar-refractivity contribution >= 4 is 40.3 Å². The van der Waals surface area contributed by atoms with E-state index in [2.05, 4.69) is 9.97 Å². The van der Waals surface area contributed by atoms with Crippen molar-refractivity contribution in [3.05, 3.63) is 52.5 Å². The molecule has 0 bridgehead atoms. The highest BCUT2D eigenvalue weighted by atomic mass is 32.2. The van der Waals surface area contributed by atoms with Gasteiger partial charge >= 0.3 is 6.09 Å². The molecule has 0 spiro atoms. The Morgan fingerprint density at radius 1 is 1.27 bits per heavy atom. The van der Waals surface area contributed by atoms with E-state index in [9.17, 15) is 23.5 Å². The van der Waals surface area contributed by atoms with Crippen LogP contribution in [0.1, 0.15) is 0 Å². The first-order chi connectivity index (χ1) is 12.3. The standard InChI is InChI=1S/C16H12F2N4O3S/c1-21-13-8(7-19-15(20-13)26-2)5-12(14(21)23)22(16(24)25)11-4-3-9(17)6-10(11)18/h3-7H,1-2H3,(H,24,25). The maximum absolute atomic E-state index is 14.1. The number of pyridine rings is 1. The number of hydrogen-bond acceptors (Lipinski definition) is 5. The van der Waals surface area contributed by atoms with Crippen molar-refractivity contribution in [1.29, 1.82) is 0 Å². The van der Waals surface area contributed by atoms with E-state index in [-0.39, 0.29) is 5.69 Å². The lowest BCUT2D eigenvalue weighted by Crippen LogP contribution is -2.32. The Bertz CT molecular complexity index is 1090. The van der Waals surface area contributed by atoms with Crippen molar-refractivity contribution in [2.24, 2.45) is 7.05 Å². The van der Waals surface area contributed by atoms with E-state index in [0.29, 0.717) is 27.2 Å². The molecule has 0 aliphatic heterocycles. The predicted molar refractivity (Wildman–Crippen MR) is 93.1 cm³/mol. The van der Waals surface area contributed by atoms with Gasteiger partial charge in [0.2, 0.25) is 0 Å². The van der Waals surface area contributed by atoms with Crippen molar-refractivity contribution in [2.75, 3.05) is 11.2 Å². The first-order valence-corrected chi connectivity index (χ1v) is 8.45. The molecule has 0 fully saturated rings. The van der Waals surface area contributed by atoms with Gasteiger partial charge in [-0.25, -0.2) is 28.4 Å². The molecule has 2 aromatic heterocycles. The smallest absolute Gasteiger partial charge is 0.416 e. The van der Waals surface area contributed by atoms with E-state index in [1.54, 1.807) is 6.26 Å². The van der Waals surface area contributed by atoms with Crippen LogP contribution >= 0.6 is 11.8 Å². The molecule has 3 rings (SSSR count). The van der Waals surface area contributed by atoms with E-state index < -0.39 is 29.0 Å². The van der Waals surface area contributed by atoms with Crippen LogP contribution in [0.2, 0.25) is 0 Å². The fourth-order valence-corrected chi connectivity index (χ4v) is 2.81. The molecule has 1 aromatic carbocycles. The molecule has 0 atom stereocenters. The van der Waals surface area contributed by atoms with Crippen molar-refractivity contribution in [3.63, 3.8) is 0 Å². The van der Waals surface area contributed by atoms with Gasteiger partial charge < -0.3 is 5.11 Å². The number of halogens is 2. The quantitative estimate of drug-likeness (QED) is 0.556. The van der Waals surface area contributed by atoms with Gasteiger partial charge in [-0.15, -0.1) is 0 Å². The molecular formula is C16H12F2N4O3S. The molecule has 10 heteroatoms. The highest BCUT2D eigenvalue weighted by molar-refractivity contribution is 7.98. The lowest BCUT2D eigenvalue weighted by Gasteiger charge is -2.20. The zero-order chi connectivity index (χ0) is 19.0. The van der Waals surface area contributed by atoms with E-state index in [4.69, 9.17) is 0 Å². The Morgan fingerprint density at radius 3 is 2.62 bits per heavy atom. The van der Waals surface area contributed by atoms with Crippen molar-refractivity contribution in [1.82, 2.24) is 14.5 Å². The van der Waals surface area contributed by atoms with Gasteiger partial charge in [0.05, 0.1) is 5.69 Å². The number of nitrogens with zero attached hydrogens (tertiary/aromatic N) is 4. The third kappa shape index (κ3) is 2.99. The molecule has 3 aromatic rings. The topological polar surface area (TPSA) is 88.3 Å². The summed E-state index contributed by atoms with van der Waals surface area (Å²) in [5.74, 6) is -1.97. The van der Waals surface area contributed by atoms with Crippen LogP contribution in [0.25, 0.3) is 11.0 Å². The fraction of sp³-hybridized carbons (Fsp3) is 0.125. The summed E-state index contributed by atoms with van der Waals surface area (Å²) in [6.07, 6.45) is 1.63. The van der Waals surface area contributed by atoms with Crippen molar-refractivity contribution in [2.45, 2.75) is 5.16 Å². The molecule has 0 unspecified atom stereocenters. The fourth-order valence-electron chi connectivity index (χ4n) is 2.47. The molecule has 1 N–H and O–H groups in total. The maximum Gasteiger partial charge on any atom is 0.416 e. The van der Waals surface area contributed by atoms with Crippen LogP contribution in [-0.4, -0.2) is 32.0 Å². The number of hydrogen-bond donors (Lipinski definition) is 1. The summed E-state index contributed by atoms with van der Waals surface area (Å²) in [6.45, 7) is 0. The second-order valence-corrected chi connectivity index (χ2v) is 6.02. The average molecular weight is 378 g/mol. The summed E-state index contributed by atoms with van der Waals surface area (Å²) < 4.78 is 28.4. The number of anilines is 2. The van der Waals surface area contributed by atoms with Crippen LogP contribution in [0.3, 0.4) is 0 Å². The Labute approximate surface area is 149 Å². The molecule has 26 heavy (non-hydrogen) atoms. The van der Waals surface area contributed by atoms with Crippen LogP contribution in [0, 0.1) is 11.6 Å². The first-order valence-electron chi connectivity index (χ1n) is 7.22. The second kappa shape index (κ2) is 6.71. The van der Waals surface area contributed by atoms with Gasteiger partial charge in [-0.05, 0) is 24.5 Å². The lowest BCUT2D eigenvalue weighted by atomic mass is 10.2. The van der Waals surface area contributed by atoms with Crippen molar-refractivity contribution in [3.8, 4) is 0 Å². The molecule has 0 aliphatic rings. The molecule has 134 valence electrons. The third-order valence-electron chi connectivity index (χ3n) is 3.67. The summed E-state index contributed by atoms with van der Waals surface area (Å²) >= 11 is 1.29. The number of fused-ring (bicyclic) bond motifs is 1. The van der Waals surface area contributed by atoms with E-state index in [1.807, 2.05) is 0 Å². The minimum atomic E-state index is -1.59. The molecule has 2 heterocycles. The number of carbonyl (C=O) groups is 1. The van der Waals surface area contributed by atoms with Crippen LogP contribution in [-0.2, 0) is 7.05 Å². The van der Waals surface area contributed by atoms with Gasteiger partial charge in [0.15, 0.2) is 5.16 Å². The maximum atomic E-state index is 14.1. The van der Waals surface area contributed by atoms with Crippen LogP contribution in [0.4, 0.5) is 25.0 Å². The number of amides is 1. The first kappa shape index (κ1) is 17.8. The number of aryl methyl sites for hydroxylation is 1. The second-order valence-electron chi connectivity index (χ2n) is 5.24. The summed E-state index contributed by atoms with van der Waals surface area (Å²) in [7, 11) is 1.42. The Morgan fingerprint density at radius 2 is 2.00 bits per heavy atom. The summed E-state index contributed by atoms with van der Waals surface area (Å²) in [5.41, 5.74) is -1.17. The van der Waals surface area contributed by atoms with Gasteiger partial charge in [-0.3, -0.25) is 9.36 Å². The Balaban J connectivity index is 2.28. The number of aromatic nitrogens is 3. The van der Waals surface area contributed by atoms with Crippen LogP contribution in [0.5, 0.6) is 0 Å². The minimum absolute atomic E-state index is 0.308. The highest BCUT2D eigenvalue weighted by Crippen LogP contribution is 2.28. The van der Waals surface area contributed by atoms with Gasteiger partial charge in [0.1, 0.15) is 23.0 Å². The number of thioether (sulfide) groups is 1. The SMILES string of the molecule is CSc1ncc2cc(N(C(=O)O)c3ccc(F)cc3F)c(=O)n(C)c2n1. The number of carboxylic acid groups (broad SMARTS) is 1. The van der Waals surface area contributed by atoms with E-state index in [0.717, 1.165) is 16.7 Å². The lowest BCUT2D eigenvalue weighted by molar-refractivity contribution is 0.204. The molecule has 0 saturated carbocycles. The van der Waals surface area contributed by atoms with Gasteiger partial charge in [0, 0.05) is 24.7 Å². The number of benzene rings is 1. The molecular weight excluding hydrogens is 366 g/mol. The van der Waals surface area contributed by atoms with Crippen LogP contribution < -0.4 is 10.5 Å². The molecule has 0 radical (unpaired) electrons. The zero-order valence-corrected chi connectivity index (χ0v) is 14.4. The van der Waals surface area contributed by atoms with E-state index >= 15 is 0 Å². The minimum Gasteiger partial charge on any atom is -0.464 e. The van der Waals surface area contributed by atoms with Gasteiger partial charge in [0.25, 0.3) is 5.56 Å². The van der Waals surface area contributed by atoms with Gasteiger partial charge in [-0.2, -0.15) is 0 Å². The summed E-state index contributed by atoms with van der Waals surface area (Å²) in [6, 6.07) is 3.67.